The van der Waals surface area contributed by atoms with E-state index in [1.165, 1.54) is 7.11 Å². The third-order valence-corrected chi connectivity index (χ3v) is 3.45. The summed E-state index contributed by atoms with van der Waals surface area (Å²) >= 11 is 0. The molecule has 1 aromatic carbocycles. The Hall–Kier alpha value is -1.09. The van der Waals surface area contributed by atoms with Crippen LogP contribution < -0.4 is 10.5 Å². The fraction of sp³-hybridized carbons (Fsp3) is 0.571. The first-order valence-corrected chi connectivity index (χ1v) is 6.10. The average Bonchev–Trinajstić information content (AvgIpc) is 2.95. The van der Waals surface area contributed by atoms with Gasteiger partial charge >= 0.3 is 0 Å². The summed E-state index contributed by atoms with van der Waals surface area (Å²) in [6.07, 6.45) is 2.74. The van der Waals surface area contributed by atoms with Crippen molar-refractivity contribution in [1.82, 2.24) is 0 Å². The predicted octanol–water partition coefficient (Wildman–Crippen LogP) is 2.99. The van der Waals surface area contributed by atoms with Crippen molar-refractivity contribution in [3.8, 4) is 5.75 Å². The molecule has 2 N–H and O–H groups in total. The van der Waals surface area contributed by atoms with Gasteiger partial charge in [-0.25, -0.2) is 4.39 Å². The van der Waals surface area contributed by atoms with Gasteiger partial charge in [-0.1, -0.05) is 19.9 Å². The first-order valence-electron chi connectivity index (χ1n) is 6.10. The summed E-state index contributed by atoms with van der Waals surface area (Å²) in [7, 11) is 1.51. The topological polar surface area (TPSA) is 35.2 Å². The summed E-state index contributed by atoms with van der Waals surface area (Å²) in [5.41, 5.74) is 7.87. The molecule has 0 bridgehead atoms. The third kappa shape index (κ3) is 2.60. The Morgan fingerprint density at radius 1 is 1.41 bits per heavy atom. The highest BCUT2D eigenvalue weighted by Crippen LogP contribution is 2.39. The van der Waals surface area contributed by atoms with Crippen molar-refractivity contribution in [1.29, 1.82) is 0 Å². The number of methoxy groups -OCH3 is 1. The van der Waals surface area contributed by atoms with Gasteiger partial charge in [0, 0.05) is 5.54 Å². The molecule has 2 rings (SSSR count). The zero-order chi connectivity index (χ0) is 12.6. The van der Waals surface area contributed by atoms with Crippen molar-refractivity contribution in [2.45, 2.75) is 44.6 Å². The minimum absolute atomic E-state index is 0.130. The Bertz CT molecular complexity index is 424. The van der Waals surface area contributed by atoms with E-state index in [1.807, 2.05) is 6.07 Å². The van der Waals surface area contributed by atoms with Crippen LogP contribution in [0.15, 0.2) is 12.1 Å². The smallest absolute Gasteiger partial charge is 0.165 e. The van der Waals surface area contributed by atoms with Gasteiger partial charge in [0.2, 0.25) is 0 Å². The molecule has 3 heteroatoms. The van der Waals surface area contributed by atoms with Gasteiger partial charge in [0.25, 0.3) is 0 Å². The van der Waals surface area contributed by atoms with E-state index in [1.54, 1.807) is 6.07 Å². The number of benzene rings is 1. The van der Waals surface area contributed by atoms with Gasteiger partial charge in [0.05, 0.1) is 7.11 Å². The maximum absolute atomic E-state index is 13.9. The fourth-order valence-corrected chi connectivity index (χ4v) is 2.08. The minimum atomic E-state index is -0.280. The van der Waals surface area contributed by atoms with E-state index in [4.69, 9.17) is 10.5 Å². The first kappa shape index (κ1) is 12.4. The minimum Gasteiger partial charge on any atom is -0.493 e. The lowest BCUT2D eigenvalue weighted by Gasteiger charge is -2.16. The van der Waals surface area contributed by atoms with E-state index < -0.39 is 0 Å². The molecule has 0 radical (unpaired) electrons. The Morgan fingerprint density at radius 2 is 2.06 bits per heavy atom. The fourth-order valence-electron chi connectivity index (χ4n) is 2.08. The molecule has 0 saturated heterocycles. The summed E-state index contributed by atoms with van der Waals surface area (Å²) in [5, 5.41) is 0. The van der Waals surface area contributed by atoms with Crippen molar-refractivity contribution in [3.63, 3.8) is 0 Å². The van der Waals surface area contributed by atoms with Gasteiger partial charge < -0.3 is 10.5 Å². The van der Waals surface area contributed by atoms with Crippen molar-refractivity contribution in [2.24, 2.45) is 5.73 Å². The van der Waals surface area contributed by atoms with Crippen LogP contribution in [0.4, 0.5) is 4.39 Å². The van der Waals surface area contributed by atoms with Crippen molar-refractivity contribution < 1.29 is 9.13 Å². The number of halogens is 1. The number of hydrogen-bond acceptors (Lipinski definition) is 2. The van der Waals surface area contributed by atoms with E-state index in [0.29, 0.717) is 18.1 Å². The van der Waals surface area contributed by atoms with Gasteiger partial charge in [0.15, 0.2) is 11.6 Å². The monoisotopic (exact) mass is 237 g/mol. The van der Waals surface area contributed by atoms with Gasteiger partial charge in [0.1, 0.15) is 0 Å². The number of ether oxygens (including phenoxy) is 1. The van der Waals surface area contributed by atoms with Crippen LogP contribution in [-0.4, -0.2) is 12.6 Å². The zero-order valence-electron chi connectivity index (χ0n) is 10.7. The molecule has 1 saturated carbocycles. The van der Waals surface area contributed by atoms with Crippen molar-refractivity contribution in [3.05, 3.63) is 29.1 Å². The summed E-state index contributed by atoms with van der Waals surface area (Å²) in [5.74, 6) is 0.381. The number of rotatable bonds is 4. The van der Waals surface area contributed by atoms with Gasteiger partial charge in [-0.15, -0.1) is 0 Å². The quantitative estimate of drug-likeness (QED) is 0.873. The number of nitrogens with two attached hydrogens (primary N) is 1. The maximum atomic E-state index is 13.9. The lowest BCUT2D eigenvalue weighted by molar-refractivity contribution is 0.379. The van der Waals surface area contributed by atoms with E-state index in [0.717, 1.165) is 24.0 Å². The van der Waals surface area contributed by atoms with E-state index in [2.05, 4.69) is 13.8 Å². The van der Waals surface area contributed by atoms with Crippen LogP contribution in [0.1, 0.15) is 43.7 Å². The molecule has 1 fully saturated rings. The maximum Gasteiger partial charge on any atom is 0.165 e. The Balaban J connectivity index is 2.38. The van der Waals surface area contributed by atoms with Crippen LogP contribution in [-0.2, 0) is 6.42 Å². The first-order chi connectivity index (χ1) is 7.95. The molecule has 0 atom stereocenters. The van der Waals surface area contributed by atoms with Crippen LogP contribution in [0.3, 0.4) is 0 Å². The molecule has 1 aliphatic carbocycles. The molecule has 1 aromatic rings. The second-order valence-corrected chi connectivity index (χ2v) is 5.39. The average molecular weight is 237 g/mol. The second kappa shape index (κ2) is 4.30. The van der Waals surface area contributed by atoms with Crippen LogP contribution in [0.5, 0.6) is 5.75 Å². The molecule has 0 unspecified atom stereocenters. The normalized spacial score (nSPS) is 17.3. The molecular formula is C14H20FNO. The SMILES string of the molecule is COc1c(F)cc(C(C)C)cc1CC1(N)CC1. The van der Waals surface area contributed by atoms with E-state index in [9.17, 15) is 4.39 Å². The molecule has 0 heterocycles. The highest BCUT2D eigenvalue weighted by molar-refractivity contribution is 5.41. The van der Waals surface area contributed by atoms with Gasteiger partial charge in [-0.2, -0.15) is 0 Å². The lowest BCUT2D eigenvalue weighted by Crippen LogP contribution is -2.25. The lowest BCUT2D eigenvalue weighted by atomic mass is 9.96. The van der Waals surface area contributed by atoms with Crippen LogP contribution in [0.25, 0.3) is 0 Å². The summed E-state index contributed by atoms with van der Waals surface area (Å²) in [4.78, 5) is 0. The van der Waals surface area contributed by atoms with E-state index in [-0.39, 0.29) is 11.4 Å². The highest BCUT2D eigenvalue weighted by Gasteiger charge is 2.39. The van der Waals surface area contributed by atoms with Crippen molar-refractivity contribution >= 4 is 0 Å². The van der Waals surface area contributed by atoms with Gasteiger partial charge in [-0.3, -0.25) is 0 Å². The molecule has 0 aromatic heterocycles. The van der Waals surface area contributed by atoms with Crippen LogP contribution >= 0.6 is 0 Å². The third-order valence-electron chi connectivity index (χ3n) is 3.45. The van der Waals surface area contributed by atoms with Crippen molar-refractivity contribution in [2.75, 3.05) is 7.11 Å². The standard InChI is InChI=1S/C14H20FNO/c1-9(2)10-6-11(8-14(16)4-5-14)13(17-3)12(15)7-10/h6-7,9H,4-5,8,16H2,1-3H3. The Kier molecular flexibility index (Phi) is 3.13. The highest BCUT2D eigenvalue weighted by atomic mass is 19.1. The molecular weight excluding hydrogens is 217 g/mol. The largest absolute Gasteiger partial charge is 0.493 e. The van der Waals surface area contributed by atoms with Crippen LogP contribution in [0.2, 0.25) is 0 Å². The Morgan fingerprint density at radius 3 is 2.53 bits per heavy atom. The van der Waals surface area contributed by atoms with Gasteiger partial charge in [-0.05, 0) is 42.4 Å². The predicted molar refractivity (Wildman–Crippen MR) is 66.9 cm³/mol. The second-order valence-electron chi connectivity index (χ2n) is 5.39. The molecule has 0 amide bonds. The molecule has 0 aliphatic heterocycles. The van der Waals surface area contributed by atoms with Crippen LogP contribution in [0, 0.1) is 5.82 Å². The van der Waals surface area contributed by atoms with E-state index >= 15 is 0 Å². The summed E-state index contributed by atoms with van der Waals surface area (Å²) in [6, 6.07) is 3.59. The molecule has 2 nitrogen and oxygen atoms in total. The zero-order valence-corrected chi connectivity index (χ0v) is 10.7. The molecule has 1 aliphatic rings. The molecule has 17 heavy (non-hydrogen) atoms. The Labute approximate surface area is 102 Å². The molecule has 94 valence electrons. The summed E-state index contributed by atoms with van der Waals surface area (Å²) < 4.78 is 19.1. The summed E-state index contributed by atoms with van der Waals surface area (Å²) in [6.45, 7) is 4.11. The molecule has 0 spiro atoms. The number of hydrogen-bond donors (Lipinski definition) is 1.